The van der Waals surface area contributed by atoms with Crippen LogP contribution in [0.5, 0.6) is 11.5 Å². The van der Waals surface area contributed by atoms with Crippen molar-refractivity contribution in [2.24, 2.45) is 5.10 Å². The lowest BCUT2D eigenvalue weighted by Crippen LogP contribution is -2.31. The van der Waals surface area contributed by atoms with Crippen LogP contribution in [0.1, 0.15) is 31.7 Å². The van der Waals surface area contributed by atoms with Gasteiger partial charge in [-0.1, -0.05) is 30.9 Å². The van der Waals surface area contributed by atoms with Crippen molar-refractivity contribution in [3.8, 4) is 11.5 Å². The largest absolute Gasteiger partial charge is 0.490 e. The Morgan fingerprint density at radius 3 is 2.54 bits per heavy atom. The lowest BCUT2D eigenvalue weighted by Gasteiger charge is -2.26. The Hall–Kier alpha value is -4.14. The Labute approximate surface area is 205 Å². The minimum atomic E-state index is 0.367. The Morgan fingerprint density at radius 1 is 0.971 bits per heavy atom. The van der Waals surface area contributed by atoms with E-state index in [1.165, 1.54) is 6.42 Å². The molecule has 0 amide bonds. The fraction of sp³-hybridized carbons (Fsp3) is 0.308. The second kappa shape index (κ2) is 12.4. The van der Waals surface area contributed by atoms with Gasteiger partial charge in [-0.15, -0.1) is 0 Å². The molecule has 1 aliphatic heterocycles. The molecule has 2 aromatic carbocycles. The standard InChI is InChI=1S/C26H31N7O2/c1-3-17-35-22-14-13-20(18-23(22)34-4-2)19-27-32-25-29-24(28-21-11-7-5-8-12-21)30-26(31-25)33-15-9-6-10-16-33/h3,5,7-8,11-14,18-19H,1,4,6,9-10,15-17H2,2H3,(H2,28,29,30,31,32). The average Bonchev–Trinajstić information content (AvgIpc) is 2.89. The van der Waals surface area contributed by atoms with Crippen LogP contribution in [0.25, 0.3) is 0 Å². The zero-order valence-corrected chi connectivity index (χ0v) is 20.0. The number of ether oxygens (including phenoxy) is 2. The summed E-state index contributed by atoms with van der Waals surface area (Å²) in [5.74, 6) is 2.79. The van der Waals surface area contributed by atoms with Gasteiger partial charge in [-0.2, -0.15) is 20.1 Å². The van der Waals surface area contributed by atoms with Crippen molar-refractivity contribution in [1.29, 1.82) is 0 Å². The van der Waals surface area contributed by atoms with Crippen molar-refractivity contribution < 1.29 is 9.47 Å². The first-order valence-electron chi connectivity index (χ1n) is 11.9. The molecule has 4 rings (SSSR count). The van der Waals surface area contributed by atoms with Gasteiger partial charge in [0, 0.05) is 18.8 Å². The van der Waals surface area contributed by atoms with Crippen LogP contribution in [-0.4, -0.2) is 47.5 Å². The molecular formula is C26H31N7O2. The normalized spacial score (nSPS) is 13.5. The number of nitrogens with one attached hydrogen (secondary N) is 2. The topological polar surface area (TPSA) is 96.8 Å². The highest BCUT2D eigenvalue weighted by molar-refractivity contribution is 5.81. The Morgan fingerprint density at radius 2 is 1.77 bits per heavy atom. The quantitative estimate of drug-likeness (QED) is 0.228. The molecule has 2 N–H and O–H groups in total. The van der Waals surface area contributed by atoms with E-state index in [4.69, 9.17) is 9.47 Å². The first kappa shape index (κ1) is 24.0. The van der Waals surface area contributed by atoms with Crippen LogP contribution in [0.3, 0.4) is 0 Å². The molecule has 0 spiro atoms. The Kier molecular flexibility index (Phi) is 8.47. The third-order valence-corrected chi connectivity index (χ3v) is 5.29. The van der Waals surface area contributed by atoms with E-state index >= 15 is 0 Å². The third kappa shape index (κ3) is 6.92. The summed E-state index contributed by atoms with van der Waals surface area (Å²) < 4.78 is 11.4. The van der Waals surface area contributed by atoms with Gasteiger partial charge >= 0.3 is 0 Å². The van der Waals surface area contributed by atoms with E-state index < -0.39 is 0 Å². The van der Waals surface area contributed by atoms with Crippen LogP contribution in [0.2, 0.25) is 0 Å². The summed E-state index contributed by atoms with van der Waals surface area (Å²) in [4.78, 5) is 16.0. The van der Waals surface area contributed by atoms with Crippen LogP contribution in [0.4, 0.5) is 23.5 Å². The smallest absolute Gasteiger partial charge is 0.250 e. The molecule has 182 valence electrons. The summed E-state index contributed by atoms with van der Waals surface area (Å²) in [6, 6.07) is 15.5. The molecular weight excluding hydrogens is 442 g/mol. The fourth-order valence-electron chi connectivity index (χ4n) is 3.66. The molecule has 0 saturated carbocycles. The molecule has 2 heterocycles. The highest BCUT2D eigenvalue weighted by Crippen LogP contribution is 2.28. The van der Waals surface area contributed by atoms with E-state index in [9.17, 15) is 0 Å². The minimum absolute atomic E-state index is 0.367. The lowest BCUT2D eigenvalue weighted by molar-refractivity contribution is 0.297. The Balaban J connectivity index is 1.52. The molecule has 0 radical (unpaired) electrons. The van der Waals surface area contributed by atoms with Crippen molar-refractivity contribution in [2.45, 2.75) is 26.2 Å². The number of hydrogen-bond donors (Lipinski definition) is 2. The molecule has 9 nitrogen and oxygen atoms in total. The summed E-state index contributed by atoms with van der Waals surface area (Å²) in [5, 5.41) is 7.61. The predicted molar refractivity (Wildman–Crippen MR) is 140 cm³/mol. The molecule has 0 atom stereocenters. The van der Waals surface area contributed by atoms with E-state index in [1.807, 2.05) is 55.5 Å². The zero-order chi connectivity index (χ0) is 24.3. The van der Waals surface area contributed by atoms with Gasteiger partial charge in [0.25, 0.3) is 0 Å². The number of rotatable bonds is 11. The summed E-state index contributed by atoms with van der Waals surface area (Å²) in [6.45, 7) is 8.42. The molecule has 1 aromatic heterocycles. The van der Waals surface area contributed by atoms with Gasteiger partial charge in [-0.25, -0.2) is 5.43 Å². The number of aromatic nitrogens is 3. The molecule has 1 fully saturated rings. The molecule has 1 saturated heterocycles. The van der Waals surface area contributed by atoms with E-state index in [2.05, 4.69) is 42.3 Å². The van der Waals surface area contributed by atoms with Gasteiger partial charge in [0.1, 0.15) is 6.61 Å². The number of piperidine rings is 1. The van der Waals surface area contributed by atoms with E-state index in [0.717, 1.165) is 37.2 Å². The average molecular weight is 474 g/mol. The van der Waals surface area contributed by atoms with Crippen LogP contribution in [-0.2, 0) is 0 Å². The molecule has 35 heavy (non-hydrogen) atoms. The van der Waals surface area contributed by atoms with Gasteiger partial charge in [-0.3, -0.25) is 0 Å². The molecule has 0 unspecified atom stereocenters. The van der Waals surface area contributed by atoms with Gasteiger partial charge in [0.15, 0.2) is 11.5 Å². The van der Waals surface area contributed by atoms with Crippen molar-refractivity contribution in [2.75, 3.05) is 41.9 Å². The highest BCUT2D eigenvalue weighted by Gasteiger charge is 2.16. The number of anilines is 4. The van der Waals surface area contributed by atoms with Crippen molar-refractivity contribution in [1.82, 2.24) is 15.0 Å². The SMILES string of the molecule is C=CCOc1ccc(C=NNc2nc(Nc3ccccc3)nc(N3CCCCC3)n2)cc1OCC. The second-order valence-corrected chi connectivity index (χ2v) is 7.93. The predicted octanol–water partition coefficient (Wildman–Crippen LogP) is 5.02. The molecule has 0 aliphatic carbocycles. The number of nitrogens with zero attached hydrogens (tertiary/aromatic N) is 5. The number of benzene rings is 2. The molecule has 0 bridgehead atoms. The molecule has 9 heteroatoms. The maximum absolute atomic E-state index is 5.71. The third-order valence-electron chi connectivity index (χ3n) is 5.29. The number of hydrazone groups is 1. The first-order chi connectivity index (χ1) is 17.2. The summed E-state index contributed by atoms with van der Waals surface area (Å²) in [7, 11) is 0. The highest BCUT2D eigenvalue weighted by atomic mass is 16.5. The van der Waals surface area contributed by atoms with Crippen molar-refractivity contribution >= 4 is 29.7 Å². The van der Waals surface area contributed by atoms with E-state index in [-0.39, 0.29) is 0 Å². The fourth-order valence-corrected chi connectivity index (χ4v) is 3.66. The number of para-hydroxylation sites is 1. The van der Waals surface area contributed by atoms with E-state index in [0.29, 0.717) is 42.6 Å². The van der Waals surface area contributed by atoms with Crippen LogP contribution < -0.4 is 25.1 Å². The zero-order valence-electron chi connectivity index (χ0n) is 20.0. The van der Waals surface area contributed by atoms with Gasteiger partial charge < -0.3 is 19.7 Å². The summed E-state index contributed by atoms with van der Waals surface area (Å²) in [6.07, 6.45) is 6.87. The minimum Gasteiger partial charge on any atom is -0.490 e. The molecule has 1 aliphatic rings. The van der Waals surface area contributed by atoms with Gasteiger partial charge in [-0.05, 0) is 62.1 Å². The van der Waals surface area contributed by atoms with Gasteiger partial charge in [0.2, 0.25) is 17.8 Å². The summed E-state index contributed by atoms with van der Waals surface area (Å²) >= 11 is 0. The second-order valence-electron chi connectivity index (χ2n) is 7.93. The van der Waals surface area contributed by atoms with Gasteiger partial charge in [0.05, 0.1) is 12.8 Å². The Bertz CT molecular complexity index is 1130. The van der Waals surface area contributed by atoms with E-state index in [1.54, 1.807) is 12.3 Å². The van der Waals surface area contributed by atoms with Crippen molar-refractivity contribution in [3.05, 3.63) is 66.7 Å². The lowest BCUT2D eigenvalue weighted by atomic mass is 10.1. The van der Waals surface area contributed by atoms with Crippen molar-refractivity contribution in [3.63, 3.8) is 0 Å². The number of hydrogen-bond acceptors (Lipinski definition) is 9. The van der Waals surface area contributed by atoms with Crippen LogP contribution in [0, 0.1) is 0 Å². The maximum Gasteiger partial charge on any atom is 0.250 e. The monoisotopic (exact) mass is 473 g/mol. The summed E-state index contributed by atoms with van der Waals surface area (Å²) in [5.41, 5.74) is 4.70. The first-order valence-corrected chi connectivity index (χ1v) is 11.9. The maximum atomic E-state index is 5.71. The van der Waals surface area contributed by atoms with Crippen LogP contribution >= 0.6 is 0 Å². The molecule has 3 aromatic rings. The van der Waals surface area contributed by atoms with Crippen LogP contribution in [0.15, 0.2) is 66.3 Å².